The second-order valence-corrected chi connectivity index (χ2v) is 7.19. The Morgan fingerprint density at radius 1 is 1.22 bits per heavy atom. The van der Waals surface area contributed by atoms with Crippen LogP contribution in [0, 0.1) is 12.8 Å². The zero-order chi connectivity index (χ0) is 19.6. The topological polar surface area (TPSA) is 76.2 Å². The average Bonchev–Trinajstić information content (AvgIpc) is 3.30. The molecule has 0 aromatic heterocycles. The van der Waals surface area contributed by atoms with Crippen LogP contribution < -0.4 is 9.64 Å². The number of rotatable bonds is 5. The van der Waals surface area contributed by atoms with Crippen molar-refractivity contribution in [3.63, 3.8) is 0 Å². The molecule has 0 N–H and O–H groups in total. The van der Waals surface area contributed by atoms with E-state index >= 15 is 0 Å². The number of hydrogen-bond donors (Lipinski definition) is 0. The highest BCUT2D eigenvalue weighted by atomic mass is 16.5. The van der Waals surface area contributed by atoms with Gasteiger partial charge in [-0.05, 0) is 44.4 Å². The molecular formula is C20H26N2O5. The van der Waals surface area contributed by atoms with Crippen LogP contribution in [0.25, 0.3) is 0 Å². The molecule has 2 saturated heterocycles. The van der Waals surface area contributed by atoms with Gasteiger partial charge in [0.1, 0.15) is 5.75 Å². The van der Waals surface area contributed by atoms with Crippen molar-refractivity contribution >= 4 is 23.5 Å². The molecule has 2 unspecified atom stereocenters. The van der Waals surface area contributed by atoms with Gasteiger partial charge in [-0.15, -0.1) is 0 Å². The molecule has 0 spiro atoms. The number of ether oxygens (including phenoxy) is 2. The van der Waals surface area contributed by atoms with Crippen molar-refractivity contribution in [3.05, 3.63) is 23.8 Å². The van der Waals surface area contributed by atoms with E-state index < -0.39 is 18.0 Å². The highest BCUT2D eigenvalue weighted by Crippen LogP contribution is 2.34. The number of carbonyl (C=O) groups excluding carboxylic acids is 3. The Kier molecular flexibility index (Phi) is 5.68. The Bertz CT molecular complexity index is 742. The largest absolute Gasteiger partial charge is 0.495 e. The SMILES string of the molecule is COc1ccc(C)cc1N1CC(C(=O)OC(C)C(=O)N2CCCC2)CC1=O. The molecule has 0 bridgehead atoms. The van der Waals surface area contributed by atoms with Crippen molar-refractivity contribution < 1.29 is 23.9 Å². The van der Waals surface area contributed by atoms with Crippen molar-refractivity contribution in [3.8, 4) is 5.75 Å². The summed E-state index contributed by atoms with van der Waals surface area (Å²) in [5.41, 5.74) is 1.65. The number of benzene rings is 1. The molecule has 7 nitrogen and oxygen atoms in total. The Balaban J connectivity index is 1.65. The van der Waals surface area contributed by atoms with Gasteiger partial charge < -0.3 is 19.3 Å². The number of anilines is 1. The number of nitrogens with zero attached hydrogens (tertiary/aromatic N) is 2. The maximum Gasteiger partial charge on any atom is 0.312 e. The summed E-state index contributed by atoms with van der Waals surface area (Å²) in [7, 11) is 1.55. The fourth-order valence-corrected chi connectivity index (χ4v) is 3.62. The molecule has 1 aromatic rings. The van der Waals surface area contributed by atoms with Crippen LogP contribution in [0.2, 0.25) is 0 Å². The van der Waals surface area contributed by atoms with E-state index in [1.165, 1.54) is 0 Å². The van der Waals surface area contributed by atoms with Crippen molar-refractivity contribution in [2.75, 3.05) is 31.6 Å². The minimum absolute atomic E-state index is 0.0700. The van der Waals surface area contributed by atoms with E-state index in [0.29, 0.717) is 24.5 Å². The molecule has 27 heavy (non-hydrogen) atoms. The summed E-state index contributed by atoms with van der Waals surface area (Å²) in [6.45, 7) is 5.17. The summed E-state index contributed by atoms with van der Waals surface area (Å²) in [6.07, 6.45) is 1.21. The minimum atomic E-state index is -0.826. The first kappa shape index (κ1) is 19.2. The fourth-order valence-electron chi connectivity index (χ4n) is 3.62. The summed E-state index contributed by atoms with van der Waals surface area (Å²) >= 11 is 0. The van der Waals surface area contributed by atoms with Gasteiger partial charge in [0.25, 0.3) is 5.91 Å². The third-order valence-electron chi connectivity index (χ3n) is 5.14. The molecule has 146 valence electrons. The Hall–Kier alpha value is -2.57. The average molecular weight is 374 g/mol. The lowest BCUT2D eigenvalue weighted by atomic mass is 10.1. The summed E-state index contributed by atoms with van der Waals surface area (Å²) in [5, 5.41) is 0. The van der Waals surface area contributed by atoms with E-state index in [-0.39, 0.29) is 24.8 Å². The standard InChI is InChI=1S/C20H26N2O5/c1-13-6-7-17(26-3)16(10-13)22-12-15(11-18(22)23)20(25)27-14(2)19(24)21-8-4-5-9-21/h6-7,10,14-15H,4-5,8-9,11-12H2,1-3H3. The lowest BCUT2D eigenvalue weighted by Crippen LogP contribution is -2.39. The zero-order valence-corrected chi connectivity index (χ0v) is 16.1. The minimum Gasteiger partial charge on any atom is -0.495 e. The molecule has 0 aliphatic carbocycles. The van der Waals surface area contributed by atoms with E-state index in [1.54, 1.807) is 29.9 Å². The van der Waals surface area contributed by atoms with Gasteiger partial charge >= 0.3 is 5.97 Å². The third-order valence-corrected chi connectivity index (χ3v) is 5.14. The summed E-state index contributed by atoms with van der Waals surface area (Å²) in [4.78, 5) is 40.6. The first-order chi connectivity index (χ1) is 12.9. The number of likely N-dealkylation sites (tertiary alicyclic amines) is 1. The van der Waals surface area contributed by atoms with E-state index in [1.807, 2.05) is 19.1 Å². The maximum absolute atomic E-state index is 12.5. The highest BCUT2D eigenvalue weighted by molar-refractivity contribution is 6.00. The van der Waals surface area contributed by atoms with Gasteiger partial charge in [0, 0.05) is 26.1 Å². The zero-order valence-electron chi connectivity index (χ0n) is 16.1. The molecular weight excluding hydrogens is 348 g/mol. The van der Waals surface area contributed by atoms with E-state index in [0.717, 1.165) is 18.4 Å². The predicted molar refractivity (Wildman–Crippen MR) is 99.6 cm³/mol. The van der Waals surface area contributed by atoms with Gasteiger partial charge in [-0.2, -0.15) is 0 Å². The summed E-state index contributed by atoms with van der Waals surface area (Å²) in [5.74, 6) is -0.823. The van der Waals surface area contributed by atoms with Crippen LogP contribution in [-0.4, -0.2) is 55.5 Å². The van der Waals surface area contributed by atoms with Gasteiger partial charge in [-0.3, -0.25) is 14.4 Å². The van der Waals surface area contributed by atoms with Gasteiger partial charge in [-0.1, -0.05) is 6.07 Å². The van der Waals surface area contributed by atoms with Crippen LogP contribution in [-0.2, 0) is 19.1 Å². The maximum atomic E-state index is 12.5. The van der Waals surface area contributed by atoms with Crippen LogP contribution >= 0.6 is 0 Å². The van der Waals surface area contributed by atoms with Crippen molar-refractivity contribution in [1.29, 1.82) is 0 Å². The lowest BCUT2D eigenvalue weighted by Gasteiger charge is -2.22. The third kappa shape index (κ3) is 4.07. The Morgan fingerprint density at radius 3 is 2.59 bits per heavy atom. The molecule has 7 heteroatoms. The van der Waals surface area contributed by atoms with E-state index in [2.05, 4.69) is 0 Å². The Labute approximate surface area is 159 Å². The number of carbonyl (C=O) groups is 3. The van der Waals surface area contributed by atoms with E-state index in [9.17, 15) is 14.4 Å². The monoisotopic (exact) mass is 374 g/mol. The predicted octanol–water partition coefficient (Wildman–Crippen LogP) is 1.91. The van der Waals surface area contributed by atoms with Crippen molar-refractivity contribution in [2.45, 2.75) is 39.2 Å². The van der Waals surface area contributed by atoms with Gasteiger partial charge in [0.05, 0.1) is 18.7 Å². The normalized spacial score (nSPS) is 20.7. The smallest absolute Gasteiger partial charge is 0.312 e. The van der Waals surface area contributed by atoms with Gasteiger partial charge in [0.2, 0.25) is 5.91 Å². The second-order valence-electron chi connectivity index (χ2n) is 7.19. The first-order valence-corrected chi connectivity index (χ1v) is 9.35. The molecule has 2 amide bonds. The molecule has 0 radical (unpaired) electrons. The second kappa shape index (κ2) is 7.98. The summed E-state index contributed by atoms with van der Waals surface area (Å²) in [6, 6.07) is 5.57. The molecule has 0 saturated carbocycles. The van der Waals surface area contributed by atoms with Gasteiger partial charge in [-0.25, -0.2) is 0 Å². The molecule has 2 atom stereocenters. The molecule has 1 aromatic carbocycles. The molecule has 2 aliphatic heterocycles. The van der Waals surface area contributed by atoms with Crippen LogP contribution in [0.5, 0.6) is 5.75 Å². The van der Waals surface area contributed by atoms with Gasteiger partial charge in [0.15, 0.2) is 6.10 Å². The van der Waals surface area contributed by atoms with Crippen LogP contribution in [0.1, 0.15) is 31.7 Å². The van der Waals surface area contributed by atoms with Crippen molar-refractivity contribution in [1.82, 2.24) is 4.90 Å². The van der Waals surface area contributed by atoms with Crippen LogP contribution in [0.15, 0.2) is 18.2 Å². The quantitative estimate of drug-likeness (QED) is 0.736. The number of esters is 1. The highest BCUT2D eigenvalue weighted by Gasteiger charge is 2.38. The number of methoxy groups -OCH3 is 1. The Morgan fingerprint density at radius 2 is 1.93 bits per heavy atom. The molecule has 3 rings (SSSR count). The number of aryl methyl sites for hydroxylation is 1. The summed E-state index contributed by atoms with van der Waals surface area (Å²) < 4.78 is 10.7. The number of amides is 2. The lowest BCUT2D eigenvalue weighted by molar-refractivity contribution is -0.161. The number of hydrogen-bond acceptors (Lipinski definition) is 5. The molecule has 2 aliphatic rings. The van der Waals surface area contributed by atoms with Crippen LogP contribution in [0.3, 0.4) is 0 Å². The van der Waals surface area contributed by atoms with E-state index in [4.69, 9.17) is 9.47 Å². The first-order valence-electron chi connectivity index (χ1n) is 9.35. The molecule has 2 fully saturated rings. The van der Waals surface area contributed by atoms with Crippen LogP contribution in [0.4, 0.5) is 5.69 Å². The molecule has 2 heterocycles. The fraction of sp³-hybridized carbons (Fsp3) is 0.550. The van der Waals surface area contributed by atoms with Crippen molar-refractivity contribution in [2.24, 2.45) is 5.92 Å².